The molecule has 0 aliphatic heterocycles. The van der Waals surface area contributed by atoms with Crippen LogP contribution in [-0.2, 0) is 53.1 Å². The van der Waals surface area contributed by atoms with Gasteiger partial charge in [0.25, 0.3) is 0 Å². The highest BCUT2D eigenvalue weighted by atomic mass is 35.5. The Morgan fingerprint density at radius 3 is 1.27 bits per heavy atom. The predicted molar refractivity (Wildman–Crippen MR) is 396 cm³/mol. The number of nitrogens with zero attached hydrogens (tertiary/aromatic N) is 7. The number of pyridine rings is 3. The molecule has 0 bridgehead atoms. The Morgan fingerprint density at radius 1 is 0.467 bits per heavy atom. The second-order valence-electron chi connectivity index (χ2n) is 26.6. The minimum Gasteiger partial charge on any atom is -0.447 e. The zero-order chi connectivity index (χ0) is 78.5. The summed E-state index contributed by atoms with van der Waals surface area (Å²) < 4.78 is 78.0. The number of hydrazine groups is 3. The zero-order valence-corrected chi connectivity index (χ0v) is 62.0. The van der Waals surface area contributed by atoms with Crippen LogP contribution < -0.4 is 32.0 Å². The van der Waals surface area contributed by atoms with E-state index in [1.165, 1.54) is 115 Å². The number of anilines is 3. The molecule has 6 amide bonds. The van der Waals surface area contributed by atoms with Crippen LogP contribution in [0.4, 0.5) is 49.0 Å². The molecule has 24 nitrogen and oxygen atoms in total. The van der Waals surface area contributed by atoms with Crippen molar-refractivity contribution in [1.29, 1.82) is 0 Å². The molecule has 0 aliphatic rings. The van der Waals surface area contributed by atoms with E-state index in [1.54, 1.807) is 96.1 Å². The molecule has 570 valence electrons. The lowest BCUT2D eigenvalue weighted by Crippen LogP contribution is -2.53. The SMILES string of the molecule is CC(=O)N(NCc1ccc(F)cc1Cl)[C@H](COC(=O)Nc1cc2ccc(F)cc2cn1)CC(C)(C)O.CC(=O)N(NCc1cccc(F)c1Cl)[C@H](CON(C=O)c1cc2ccc(F)cc2cn1)CC(C)(C)O.CC(=O)N(NCc1ccccc1Cl)[C@H](COC(=O)Nc1cc2ccc(F)cc2cn1)CC(C)(C)O. The van der Waals surface area contributed by atoms with Crippen LogP contribution in [0, 0.1) is 29.1 Å². The Balaban J connectivity index is 0.000000224. The molecule has 3 aromatic heterocycles. The molecule has 0 aliphatic carbocycles. The van der Waals surface area contributed by atoms with E-state index in [4.69, 9.17) is 49.1 Å². The molecule has 0 fully saturated rings. The molecule has 3 atom stereocenters. The highest BCUT2D eigenvalue weighted by Crippen LogP contribution is 2.27. The number of aromatic nitrogens is 3. The first-order chi connectivity index (χ1) is 50.4. The fourth-order valence-electron chi connectivity index (χ4n) is 10.9. The van der Waals surface area contributed by atoms with Crippen LogP contribution in [0.1, 0.15) is 98.3 Å². The van der Waals surface area contributed by atoms with E-state index in [1.807, 2.05) is 12.1 Å². The van der Waals surface area contributed by atoms with Gasteiger partial charge in [0, 0.05) is 98.0 Å². The number of ether oxygens (including phenoxy) is 2. The molecular weight excluding hydrogens is 1460 g/mol. The minimum atomic E-state index is -1.20. The number of halogens is 8. The number of amides is 6. The van der Waals surface area contributed by atoms with Gasteiger partial charge in [-0.1, -0.05) is 89.4 Å². The van der Waals surface area contributed by atoms with Crippen molar-refractivity contribution in [3.05, 3.63) is 213 Å². The van der Waals surface area contributed by atoms with E-state index in [0.717, 1.165) is 16.7 Å². The molecule has 6 aromatic carbocycles. The summed E-state index contributed by atoms with van der Waals surface area (Å²) in [5.41, 5.74) is 7.11. The maximum absolute atomic E-state index is 13.8. The van der Waals surface area contributed by atoms with E-state index in [-0.39, 0.29) is 97.9 Å². The van der Waals surface area contributed by atoms with E-state index in [2.05, 4.69) is 41.9 Å². The summed E-state index contributed by atoms with van der Waals surface area (Å²) in [4.78, 5) is 92.0. The molecule has 0 spiro atoms. The highest BCUT2D eigenvalue weighted by molar-refractivity contribution is 6.32. The van der Waals surface area contributed by atoms with Crippen molar-refractivity contribution >= 4 is 121 Å². The lowest BCUT2D eigenvalue weighted by atomic mass is 9.99. The average Bonchev–Trinajstić information content (AvgIpc) is 0.835. The number of fused-ring (bicyclic) bond motifs is 3. The summed E-state index contributed by atoms with van der Waals surface area (Å²) in [6.07, 6.45) is 3.37. The number of aliphatic hydroxyl groups is 3. The Bertz CT molecular complexity index is 4600. The topological polar surface area (TPSA) is 303 Å². The van der Waals surface area contributed by atoms with Crippen molar-refractivity contribution < 1.29 is 80.4 Å². The van der Waals surface area contributed by atoms with Gasteiger partial charge in [0.2, 0.25) is 24.1 Å². The molecule has 32 heteroatoms. The third kappa shape index (κ3) is 27.2. The first kappa shape index (κ1) is 84.5. The van der Waals surface area contributed by atoms with Crippen molar-refractivity contribution in [2.75, 3.05) is 35.5 Å². The van der Waals surface area contributed by atoms with Crippen LogP contribution in [0.15, 0.2) is 152 Å². The first-order valence-electron chi connectivity index (χ1n) is 33.2. The summed E-state index contributed by atoms with van der Waals surface area (Å²) in [6, 6.07) is 30.6. The van der Waals surface area contributed by atoms with Crippen LogP contribution >= 0.6 is 34.8 Å². The van der Waals surface area contributed by atoms with Crippen LogP contribution in [0.2, 0.25) is 15.1 Å². The minimum absolute atomic E-state index is 0.0265. The van der Waals surface area contributed by atoms with Crippen LogP contribution in [-0.4, -0.2) is 136 Å². The summed E-state index contributed by atoms with van der Waals surface area (Å²) in [6.45, 7) is 13.2. The Morgan fingerprint density at radius 2 is 0.850 bits per heavy atom. The number of carbonyl (C=O) groups excluding carboxylic acids is 6. The molecule has 0 unspecified atom stereocenters. The number of benzene rings is 6. The number of hydrogen-bond donors (Lipinski definition) is 8. The number of carbonyl (C=O) groups is 6. The second-order valence-corrected chi connectivity index (χ2v) is 27.7. The van der Waals surface area contributed by atoms with Crippen LogP contribution in [0.3, 0.4) is 0 Å². The van der Waals surface area contributed by atoms with Gasteiger partial charge in [0.15, 0.2) is 5.82 Å². The maximum atomic E-state index is 13.8. The molecule has 0 saturated heterocycles. The van der Waals surface area contributed by atoms with Crippen LogP contribution in [0.25, 0.3) is 32.3 Å². The summed E-state index contributed by atoms with van der Waals surface area (Å²) in [7, 11) is 0. The van der Waals surface area contributed by atoms with Gasteiger partial charge in [0.1, 0.15) is 53.9 Å². The van der Waals surface area contributed by atoms with Gasteiger partial charge in [0.05, 0.1) is 46.6 Å². The fraction of sp³-hybridized carbons (Fsp3) is 0.320. The van der Waals surface area contributed by atoms with Crippen molar-refractivity contribution in [3.8, 4) is 0 Å². The van der Waals surface area contributed by atoms with Gasteiger partial charge >= 0.3 is 12.2 Å². The van der Waals surface area contributed by atoms with E-state index in [9.17, 15) is 66.0 Å². The molecule has 8 N–H and O–H groups in total. The smallest absolute Gasteiger partial charge is 0.412 e. The van der Waals surface area contributed by atoms with E-state index in [0.29, 0.717) is 54.9 Å². The monoisotopic (exact) mass is 1540 g/mol. The number of rotatable bonds is 29. The van der Waals surface area contributed by atoms with Gasteiger partial charge < -0.3 is 24.8 Å². The third-order valence-electron chi connectivity index (χ3n) is 15.7. The van der Waals surface area contributed by atoms with Gasteiger partial charge in [-0.3, -0.25) is 49.7 Å². The maximum Gasteiger partial charge on any atom is 0.412 e. The van der Waals surface area contributed by atoms with Crippen molar-refractivity contribution in [2.45, 2.75) is 136 Å². The van der Waals surface area contributed by atoms with Crippen molar-refractivity contribution in [1.82, 2.24) is 46.3 Å². The van der Waals surface area contributed by atoms with Gasteiger partial charge in [-0.2, -0.15) is 5.06 Å². The summed E-state index contributed by atoms with van der Waals surface area (Å²) in [5.74, 6) is -2.79. The average molecular weight is 1540 g/mol. The first-order valence-corrected chi connectivity index (χ1v) is 34.3. The summed E-state index contributed by atoms with van der Waals surface area (Å²) in [5, 5.41) is 45.3. The van der Waals surface area contributed by atoms with Crippen molar-refractivity contribution in [3.63, 3.8) is 0 Å². The van der Waals surface area contributed by atoms with Crippen LogP contribution in [0.5, 0.6) is 0 Å². The van der Waals surface area contributed by atoms with E-state index < -0.39 is 82.2 Å². The molecule has 9 rings (SSSR count). The molecular formula is C75H82Cl3F5N12O12. The lowest BCUT2D eigenvalue weighted by molar-refractivity contribution is -0.140. The number of nitrogens with one attached hydrogen (secondary N) is 5. The number of hydroxylamine groups is 1. The molecule has 107 heavy (non-hydrogen) atoms. The van der Waals surface area contributed by atoms with Gasteiger partial charge in [-0.15, -0.1) is 0 Å². The molecule has 9 aromatic rings. The predicted octanol–water partition coefficient (Wildman–Crippen LogP) is 13.6. The van der Waals surface area contributed by atoms with E-state index >= 15 is 0 Å². The number of hydrogen-bond acceptors (Lipinski definition) is 18. The molecule has 0 radical (unpaired) electrons. The Hall–Kier alpha value is -9.79. The molecule has 3 heterocycles. The zero-order valence-electron chi connectivity index (χ0n) is 59.8. The Kier molecular flexibility index (Phi) is 30.5. The van der Waals surface area contributed by atoms with Gasteiger partial charge in [-0.25, -0.2) is 62.8 Å². The second kappa shape index (κ2) is 38.7. The van der Waals surface area contributed by atoms with Gasteiger partial charge in [-0.05, 0) is 160 Å². The quantitative estimate of drug-likeness (QED) is 0.0123. The fourth-order valence-corrected chi connectivity index (χ4v) is 11.6. The lowest BCUT2D eigenvalue weighted by Gasteiger charge is -2.35. The highest BCUT2D eigenvalue weighted by Gasteiger charge is 2.33. The van der Waals surface area contributed by atoms with Crippen molar-refractivity contribution in [2.24, 2.45) is 0 Å². The molecule has 0 saturated carbocycles. The largest absolute Gasteiger partial charge is 0.447 e. The summed E-state index contributed by atoms with van der Waals surface area (Å²) >= 11 is 18.3. The standard InChI is InChI=1S/2C25H27ClF2N4O4.C25H28ClFN4O4/c1-15(33)32(30-13-17-5-7-20(28)10-22(17)26)21(11-25(2,3)35)14-36-24(34)31-23-9-16-4-6-19(27)8-18(16)12-29-23;1-16(34)32(30-13-18-5-4-6-22(28)24(18)26)21(11-25(2,3)35)14-36-31(15-33)23-10-17-7-8-20(27)9-19(17)12-29-23;1-16(32)31(29-14-18-6-4-5-7-22(18)26)21(12-25(2,3)34)15-35-24(33)30-23-11-17-8-9-20(27)10-19(17)13-28-23/h4-10,12,21,30,35H,11,13-14H2,1-3H3,(H,29,31,34);4-10,12,15,21,30,35H,11,13-14H2,1-3H3;4-11,13,21,29,34H,12,14-15H2,1-3H3,(H,28,30,33)/t3*21-/m000/s1. The Labute approximate surface area is 628 Å². The third-order valence-corrected chi connectivity index (χ3v) is 16.8. The normalized spacial score (nSPS) is 12.3.